The number of carbonyl (C=O) groups excluding carboxylic acids is 1. The lowest BCUT2D eigenvalue weighted by Crippen LogP contribution is -2.24. The van der Waals surface area contributed by atoms with Gasteiger partial charge in [-0.2, -0.15) is 5.10 Å². The summed E-state index contributed by atoms with van der Waals surface area (Å²) < 4.78 is 5.41. The lowest BCUT2D eigenvalue weighted by atomic mass is 10.1. The minimum Gasteiger partial charge on any atom is -0.484 e. The second-order valence-electron chi connectivity index (χ2n) is 6.78. The zero-order valence-corrected chi connectivity index (χ0v) is 16.3. The maximum Gasteiger partial charge on any atom is 0.293 e. The molecular weight excluding hydrogens is 372 g/mol. The summed E-state index contributed by atoms with van der Waals surface area (Å²) in [5, 5.41) is 15.3. The molecule has 152 valence electrons. The summed E-state index contributed by atoms with van der Waals surface area (Å²) in [7, 11) is 0. The van der Waals surface area contributed by atoms with Crippen molar-refractivity contribution < 1.29 is 14.5 Å². The highest BCUT2D eigenvalue weighted by molar-refractivity contribution is 5.85. The van der Waals surface area contributed by atoms with E-state index < -0.39 is 5.91 Å². The summed E-state index contributed by atoms with van der Waals surface area (Å²) in [6.07, 6.45) is 4.40. The molecule has 8 heteroatoms. The van der Waals surface area contributed by atoms with Crippen LogP contribution in [0.2, 0.25) is 0 Å². The van der Waals surface area contributed by atoms with Crippen LogP contribution in [0.25, 0.3) is 0 Å². The number of anilines is 1. The van der Waals surface area contributed by atoms with Crippen LogP contribution in [0.15, 0.2) is 47.6 Å². The average Bonchev–Trinajstić information content (AvgIpc) is 3.27. The van der Waals surface area contributed by atoms with E-state index in [-0.39, 0.29) is 17.2 Å². The number of rotatable bonds is 8. The van der Waals surface area contributed by atoms with E-state index in [0.717, 1.165) is 32.4 Å². The minimum atomic E-state index is -0.413. The molecule has 8 nitrogen and oxygen atoms in total. The number of nitrogens with one attached hydrogen (secondary N) is 1. The van der Waals surface area contributed by atoms with E-state index >= 15 is 0 Å². The van der Waals surface area contributed by atoms with Crippen molar-refractivity contribution in [1.82, 2.24) is 5.43 Å². The molecule has 1 aliphatic rings. The lowest BCUT2D eigenvalue weighted by molar-refractivity contribution is -0.384. The van der Waals surface area contributed by atoms with Gasteiger partial charge in [0.1, 0.15) is 11.4 Å². The maximum absolute atomic E-state index is 11.9. The van der Waals surface area contributed by atoms with Gasteiger partial charge in [0.2, 0.25) is 0 Å². The largest absolute Gasteiger partial charge is 0.484 e. The van der Waals surface area contributed by atoms with Gasteiger partial charge in [0.25, 0.3) is 11.6 Å². The lowest BCUT2D eigenvalue weighted by Gasteiger charge is -2.17. The van der Waals surface area contributed by atoms with Gasteiger partial charge in [-0.15, -0.1) is 0 Å². The van der Waals surface area contributed by atoms with Crippen LogP contribution in [0, 0.1) is 10.1 Å². The van der Waals surface area contributed by atoms with Crippen molar-refractivity contribution in [2.24, 2.45) is 5.10 Å². The van der Waals surface area contributed by atoms with E-state index in [1.54, 1.807) is 12.1 Å². The van der Waals surface area contributed by atoms with Crippen LogP contribution in [0.4, 0.5) is 11.4 Å². The van der Waals surface area contributed by atoms with Crippen LogP contribution in [0.1, 0.15) is 30.9 Å². The summed E-state index contributed by atoms with van der Waals surface area (Å²) in [6.45, 7) is 3.55. The molecule has 0 radical (unpaired) electrons. The van der Waals surface area contributed by atoms with Crippen molar-refractivity contribution in [1.29, 1.82) is 0 Å². The molecule has 0 unspecified atom stereocenters. The van der Waals surface area contributed by atoms with Crippen LogP contribution >= 0.6 is 0 Å². The van der Waals surface area contributed by atoms with Gasteiger partial charge in [-0.25, -0.2) is 5.43 Å². The van der Waals surface area contributed by atoms with Crippen molar-refractivity contribution in [3.8, 4) is 5.75 Å². The molecular formula is C21H24N4O4. The van der Waals surface area contributed by atoms with E-state index in [1.165, 1.54) is 17.8 Å². The highest BCUT2D eigenvalue weighted by Crippen LogP contribution is 2.31. The highest BCUT2D eigenvalue weighted by Gasteiger charge is 2.22. The van der Waals surface area contributed by atoms with E-state index in [9.17, 15) is 14.9 Å². The Kier molecular flexibility index (Phi) is 6.78. The van der Waals surface area contributed by atoms with E-state index in [2.05, 4.69) is 17.5 Å². The highest BCUT2D eigenvalue weighted by atomic mass is 16.6. The molecule has 0 aliphatic carbocycles. The first-order valence-corrected chi connectivity index (χ1v) is 9.64. The van der Waals surface area contributed by atoms with Gasteiger partial charge in [-0.3, -0.25) is 14.9 Å². The predicted octanol–water partition coefficient (Wildman–Crippen LogP) is 3.29. The number of benzene rings is 2. The van der Waals surface area contributed by atoms with Gasteiger partial charge in [0, 0.05) is 24.7 Å². The molecule has 2 aromatic carbocycles. The third kappa shape index (κ3) is 5.54. The van der Waals surface area contributed by atoms with Gasteiger partial charge < -0.3 is 9.64 Å². The van der Waals surface area contributed by atoms with Crippen LogP contribution in [-0.2, 0) is 11.2 Å². The summed E-state index contributed by atoms with van der Waals surface area (Å²) in [6, 6.07) is 12.5. The molecule has 1 fully saturated rings. The Labute approximate surface area is 169 Å². The molecule has 1 heterocycles. The second-order valence-corrected chi connectivity index (χ2v) is 6.78. The number of ether oxygens (including phenoxy) is 1. The van der Waals surface area contributed by atoms with Crippen molar-refractivity contribution in [2.45, 2.75) is 26.2 Å². The Bertz CT molecular complexity index is 890. The van der Waals surface area contributed by atoms with Gasteiger partial charge in [-0.05, 0) is 43.0 Å². The standard InChI is InChI=1S/C21H24N4O4/c1-2-16-5-8-18(9-6-16)29-15-21(26)23-22-14-17-7-10-19(20(13-17)25(27)28)24-11-3-4-12-24/h5-10,13-14H,2-4,11-12,15H2,1H3,(H,23,26)/b22-14-. The second kappa shape index (κ2) is 9.68. The fourth-order valence-electron chi connectivity index (χ4n) is 3.17. The van der Waals surface area contributed by atoms with Crippen LogP contribution in [0.3, 0.4) is 0 Å². The Morgan fingerprint density at radius 2 is 1.97 bits per heavy atom. The van der Waals surface area contributed by atoms with Gasteiger partial charge in [-0.1, -0.05) is 25.1 Å². The molecule has 1 amide bonds. The van der Waals surface area contributed by atoms with Gasteiger partial charge in [0.05, 0.1) is 11.1 Å². The Balaban J connectivity index is 1.55. The monoisotopic (exact) mass is 396 g/mol. The van der Waals surface area contributed by atoms with Crippen molar-refractivity contribution in [3.63, 3.8) is 0 Å². The Morgan fingerprint density at radius 3 is 2.62 bits per heavy atom. The molecule has 0 spiro atoms. The van der Waals surface area contributed by atoms with Crippen LogP contribution in [-0.4, -0.2) is 36.7 Å². The molecule has 2 aromatic rings. The topological polar surface area (TPSA) is 97.1 Å². The number of hydrogen-bond acceptors (Lipinski definition) is 6. The third-order valence-corrected chi connectivity index (χ3v) is 4.75. The van der Waals surface area contributed by atoms with Gasteiger partial charge >= 0.3 is 0 Å². The number of nitro benzene ring substituents is 1. The fraction of sp³-hybridized carbons (Fsp3) is 0.333. The van der Waals surface area contributed by atoms with Crippen molar-refractivity contribution in [3.05, 3.63) is 63.7 Å². The quantitative estimate of drug-likeness (QED) is 0.420. The van der Waals surface area contributed by atoms with E-state index in [1.807, 2.05) is 29.2 Å². The summed E-state index contributed by atoms with van der Waals surface area (Å²) in [5.74, 6) is 0.193. The number of nitrogens with zero attached hydrogens (tertiary/aromatic N) is 3. The van der Waals surface area contributed by atoms with Crippen LogP contribution in [0.5, 0.6) is 5.75 Å². The molecule has 29 heavy (non-hydrogen) atoms. The molecule has 0 bridgehead atoms. The summed E-state index contributed by atoms with van der Waals surface area (Å²) in [5.41, 5.74) is 4.76. The zero-order valence-electron chi connectivity index (χ0n) is 16.3. The van der Waals surface area contributed by atoms with Crippen LogP contribution < -0.4 is 15.1 Å². The normalized spacial score (nSPS) is 13.6. The van der Waals surface area contributed by atoms with E-state index in [0.29, 0.717) is 17.0 Å². The molecule has 1 aliphatic heterocycles. The molecule has 1 N–H and O–H groups in total. The number of hydrazone groups is 1. The number of hydrogen-bond donors (Lipinski definition) is 1. The molecule has 0 aromatic heterocycles. The Morgan fingerprint density at radius 1 is 1.24 bits per heavy atom. The molecule has 3 rings (SSSR count). The maximum atomic E-state index is 11.9. The Hall–Kier alpha value is -3.42. The van der Waals surface area contributed by atoms with Crippen molar-refractivity contribution in [2.75, 3.05) is 24.6 Å². The minimum absolute atomic E-state index is 0.0426. The van der Waals surface area contributed by atoms with E-state index in [4.69, 9.17) is 4.74 Å². The number of amides is 1. The SMILES string of the molecule is CCc1ccc(OCC(=O)N/N=C\c2ccc(N3CCCC3)c([N+](=O)[O-])c2)cc1. The zero-order chi connectivity index (χ0) is 20.6. The van der Waals surface area contributed by atoms with Crippen molar-refractivity contribution >= 4 is 23.5 Å². The first kappa shape index (κ1) is 20.3. The molecule has 0 saturated carbocycles. The molecule has 1 saturated heterocycles. The summed E-state index contributed by atoms with van der Waals surface area (Å²) >= 11 is 0. The molecule has 0 atom stereocenters. The fourth-order valence-corrected chi connectivity index (χ4v) is 3.17. The number of carbonyl (C=O) groups is 1. The summed E-state index contributed by atoms with van der Waals surface area (Å²) in [4.78, 5) is 24.9. The first-order valence-electron chi connectivity index (χ1n) is 9.64. The smallest absolute Gasteiger partial charge is 0.293 e. The van der Waals surface area contributed by atoms with Gasteiger partial charge in [0.15, 0.2) is 6.61 Å². The number of aryl methyl sites for hydroxylation is 1. The number of nitro groups is 1. The third-order valence-electron chi connectivity index (χ3n) is 4.75. The first-order chi connectivity index (χ1) is 14.1. The average molecular weight is 396 g/mol. The predicted molar refractivity (Wildman–Crippen MR) is 112 cm³/mol.